The second-order valence-electron chi connectivity index (χ2n) is 5.72. The molecule has 0 unspecified atom stereocenters. The molecule has 0 aliphatic carbocycles. The zero-order valence-electron chi connectivity index (χ0n) is 13.0. The first-order valence-electron chi connectivity index (χ1n) is 7.73. The standard InChI is InChI=1S/C19H26N/c1-4-5-6-18-7-9-19(10-8-18)12-14-20-13-11-16(2)17(3)15-20/h7-11,13,15H,4-6,12,14H2,1-3H3/q+1. The third-order valence-corrected chi connectivity index (χ3v) is 4.00. The van der Waals surface area contributed by atoms with Crippen molar-refractivity contribution in [3.63, 3.8) is 0 Å². The summed E-state index contributed by atoms with van der Waals surface area (Å²) < 4.78 is 2.29. The number of aryl methyl sites for hydroxylation is 5. The number of hydrogen-bond acceptors (Lipinski definition) is 0. The fourth-order valence-electron chi connectivity index (χ4n) is 2.38. The number of nitrogens with zero attached hydrogens (tertiary/aromatic N) is 1. The molecule has 0 N–H and O–H groups in total. The maximum atomic E-state index is 2.29. The van der Waals surface area contributed by atoms with Crippen LogP contribution in [0.25, 0.3) is 0 Å². The minimum Gasteiger partial charge on any atom is -0.204 e. The monoisotopic (exact) mass is 268 g/mol. The van der Waals surface area contributed by atoms with E-state index in [1.165, 1.54) is 41.5 Å². The molecule has 0 saturated carbocycles. The molecule has 106 valence electrons. The van der Waals surface area contributed by atoms with Gasteiger partial charge >= 0.3 is 0 Å². The number of aromatic nitrogens is 1. The number of benzene rings is 1. The molecule has 0 radical (unpaired) electrons. The highest BCUT2D eigenvalue weighted by molar-refractivity contribution is 5.22. The summed E-state index contributed by atoms with van der Waals surface area (Å²) in [5.41, 5.74) is 5.62. The number of hydrogen-bond donors (Lipinski definition) is 0. The summed E-state index contributed by atoms with van der Waals surface area (Å²) in [6, 6.07) is 11.3. The summed E-state index contributed by atoms with van der Waals surface area (Å²) >= 11 is 0. The first kappa shape index (κ1) is 14.8. The molecule has 0 spiro atoms. The molecule has 20 heavy (non-hydrogen) atoms. The minimum absolute atomic E-state index is 1.05. The summed E-state index contributed by atoms with van der Waals surface area (Å²) in [6.07, 6.45) is 9.29. The van der Waals surface area contributed by atoms with Crippen molar-refractivity contribution in [3.05, 3.63) is 65.0 Å². The highest BCUT2D eigenvalue weighted by atomic mass is 14.9. The van der Waals surface area contributed by atoms with E-state index in [4.69, 9.17) is 0 Å². The van der Waals surface area contributed by atoms with Crippen LogP contribution in [0, 0.1) is 13.8 Å². The minimum atomic E-state index is 1.05. The van der Waals surface area contributed by atoms with Gasteiger partial charge in [0.25, 0.3) is 0 Å². The topological polar surface area (TPSA) is 3.88 Å². The van der Waals surface area contributed by atoms with Crippen LogP contribution in [0.5, 0.6) is 0 Å². The van der Waals surface area contributed by atoms with E-state index in [-0.39, 0.29) is 0 Å². The highest BCUT2D eigenvalue weighted by Gasteiger charge is 2.04. The second-order valence-corrected chi connectivity index (χ2v) is 5.72. The Morgan fingerprint density at radius 2 is 1.50 bits per heavy atom. The van der Waals surface area contributed by atoms with Gasteiger partial charge in [-0.2, -0.15) is 0 Å². The van der Waals surface area contributed by atoms with Crippen molar-refractivity contribution in [1.82, 2.24) is 0 Å². The molecule has 0 bridgehead atoms. The smallest absolute Gasteiger partial charge is 0.171 e. The van der Waals surface area contributed by atoms with E-state index < -0.39 is 0 Å². The molecular weight excluding hydrogens is 242 g/mol. The van der Waals surface area contributed by atoms with Gasteiger partial charge in [0.2, 0.25) is 0 Å². The van der Waals surface area contributed by atoms with E-state index in [9.17, 15) is 0 Å². The van der Waals surface area contributed by atoms with Crippen molar-refractivity contribution in [2.45, 2.75) is 53.0 Å². The Labute approximate surface area is 123 Å². The Morgan fingerprint density at radius 1 is 0.850 bits per heavy atom. The molecule has 2 rings (SSSR count). The average Bonchev–Trinajstić information content (AvgIpc) is 2.47. The zero-order valence-corrected chi connectivity index (χ0v) is 13.0. The van der Waals surface area contributed by atoms with Crippen molar-refractivity contribution in [2.75, 3.05) is 0 Å². The zero-order chi connectivity index (χ0) is 14.4. The summed E-state index contributed by atoms with van der Waals surface area (Å²) in [7, 11) is 0. The summed E-state index contributed by atoms with van der Waals surface area (Å²) in [6.45, 7) is 7.63. The Kier molecular flexibility index (Phi) is 5.34. The normalized spacial score (nSPS) is 10.8. The van der Waals surface area contributed by atoms with E-state index in [1.54, 1.807) is 0 Å². The molecule has 2 aromatic rings. The Balaban J connectivity index is 1.91. The molecule has 0 aliphatic heterocycles. The lowest BCUT2D eigenvalue weighted by atomic mass is 10.0. The quantitative estimate of drug-likeness (QED) is 0.692. The van der Waals surface area contributed by atoms with E-state index in [0.29, 0.717) is 0 Å². The van der Waals surface area contributed by atoms with Gasteiger partial charge in [-0.3, -0.25) is 0 Å². The molecule has 1 heterocycles. The molecular formula is C19H26N+. The largest absolute Gasteiger partial charge is 0.204 e. The van der Waals surface area contributed by atoms with Crippen LogP contribution in [0.2, 0.25) is 0 Å². The fourth-order valence-corrected chi connectivity index (χ4v) is 2.38. The van der Waals surface area contributed by atoms with Crippen molar-refractivity contribution in [1.29, 1.82) is 0 Å². The third kappa shape index (κ3) is 4.19. The molecule has 0 aliphatic rings. The molecule has 1 heteroatoms. The van der Waals surface area contributed by atoms with Crippen LogP contribution in [0.15, 0.2) is 42.7 Å². The van der Waals surface area contributed by atoms with Crippen LogP contribution in [-0.4, -0.2) is 0 Å². The van der Waals surface area contributed by atoms with Gasteiger partial charge in [-0.05, 0) is 43.4 Å². The van der Waals surface area contributed by atoms with Crippen molar-refractivity contribution in [3.8, 4) is 0 Å². The molecule has 0 atom stereocenters. The third-order valence-electron chi connectivity index (χ3n) is 4.00. The highest BCUT2D eigenvalue weighted by Crippen LogP contribution is 2.08. The molecule has 1 aromatic heterocycles. The number of rotatable bonds is 6. The fraction of sp³-hybridized carbons (Fsp3) is 0.421. The summed E-state index contributed by atoms with van der Waals surface area (Å²) in [5.74, 6) is 0. The van der Waals surface area contributed by atoms with E-state index in [2.05, 4.69) is 68.1 Å². The first-order chi connectivity index (χ1) is 9.69. The summed E-state index contributed by atoms with van der Waals surface area (Å²) in [5, 5.41) is 0. The predicted molar refractivity (Wildman–Crippen MR) is 84.9 cm³/mol. The van der Waals surface area contributed by atoms with Gasteiger partial charge in [0.1, 0.15) is 0 Å². The van der Waals surface area contributed by atoms with Crippen molar-refractivity contribution in [2.24, 2.45) is 0 Å². The van der Waals surface area contributed by atoms with Crippen LogP contribution in [0.1, 0.15) is 42.0 Å². The Hall–Kier alpha value is -1.63. The van der Waals surface area contributed by atoms with E-state index >= 15 is 0 Å². The van der Waals surface area contributed by atoms with Crippen LogP contribution in [-0.2, 0) is 19.4 Å². The van der Waals surface area contributed by atoms with Gasteiger partial charge in [0.15, 0.2) is 18.9 Å². The maximum absolute atomic E-state index is 2.29. The number of pyridine rings is 1. The van der Waals surface area contributed by atoms with Crippen molar-refractivity contribution >= 4 is 0 Å². The lowest BCUT2D eigenvalue weighted by Gasteiger charge is -2.03. The summed E-state index contributed by atoms with van der Waals surface area (Å²) in [4.78, 5) is 0. The average molecular weight is 268 g/mol. The molecule has 0 fully saturated rings. The molecule has 1 nitrogen and oxygen atoms in total. The van der Waals surface area contributed by atoms with Crippen LogP contribution < -0.4 is 4.57 Å². The Morgan fingerprint density at radius 3 is 2.10 bits per heavy atom. The van der Waals surface area contributed by atoms with E-state index in [0.717, 1.165) is 13.0 Å². The molecule has 1 aromatic carbocycles. The van der Waals surface area contributed by atoms with Gasteiger partial charge in [-0.25, -0.2) is 4.57 Å². The predicted octanol–water partition coefficient (Wildman–Crippen LogP) is 4.18. The Bertz CT molecular complexity index is 540. The van der Waals surface area contributed by atoms with Gasteiger partial charge in [-0.15, -0.1) is 0 Å². The lowest BCUT2D eigenvalue weighted by molar-refractivity contribution is -0.696. The van der Waals surface area contributed by atoms with E-state index in [1.807, 2.05) is 0 Å². The van der Waals surface area contributed by atoms with Crippen molar-refractivity contribution < 1.29 is 4.57 Å². The van der Waals surface area contributed by atoms with Crippen LogP contribution >= 0.6 is 0 Å². The lowest BCUT2D eigenvalue weighted by Crippen LogP contribution is -2.34. The SMILES string of the molecule is CCCCc1ccc(CC[n+]2ccc(C)c(C)c2)cc1. The first-order valence-corrected chi connectivity index (χ1v) is 7.73. The van der Waals surface area contributed by atoms with Gasteiger partial charge < -0.3 is 0 Å². The molecule has 0 amide bonds. The maximum Gasteiger partial charge on any atom is 0.171 e. The van der Waals surface area contributed by atoms with Crippen LogP contribution in [0.4, 0.5) is 0 Å². The van der Waals surface area contributed by atoms with Crippen LogP contribution in [0.3, 0.4) is 0 Å². The van der Waals surface area contributed by atoms with Gasteiger partial charge in [0, 0.05) is 18.1 Å². The van der Waals surface area contributed by atoms with Gasteiger partial charge in [0.05, 0.1) is 0 Å². The van der Waals surface area contributed by atoms with Gasteiger partial charge in [-0.1, -0.05) is 37.6 Å². The number of unbranched alkanes of at least 4 members (excludes halogenated alkanes) is 1. The molecule has 0 saturated heterocycles. The second kappa shape index (κ2) is 7.23.